The van der Waals surface area contributed by atoms with Gasteiger partial charge in [-0.05, 0) is 37.1 Å². The van der Waals surface area contributed by atoms with Gasteiger partial charge in [-0.3, -0.25) is 0 Å². The zero-order valence-corrected chi connectivity index (χ0v) is 10.5. The Hall–Kier alpha value is -0.480. The van der Waals surface area contributed by atoms with Gasteiger partial charge in [-0.2, -0.15) is 0 Å². The SMILES string of the molecule is Fc1cc(Br)ccc1CC1(F)CCCNC1. The van der Waals surface area contributed by atoms with Crippen LogP contribution in [0.15, 0.2) is 22.7 Å². The number of hydrogen-bond acceptors (Lipinski definition) is 1. The average Bonchev–Trinajstić information content (AvgIpc) is 2.23. The zero-order chi connectivity index (χ0) is 11.6. The highest BCUT2D eigenvalue weighted by atomic mass is 79.9. The molecule has 2 rings (SSSR count). The van der Waals surface area contributed by atoms with Gasteiger partial charge < -0.3 is 5.32 Å². The minimum atomic E-state index is -1.30. The normalized spacial score (nSPS) is 25.7. The number of benzene rings is 1. The molecule has 1 aliphatic rings. The summed E-state index contributed by atoms with van der Waals surface area (Å²) in [6, 6.07) is 4.78. The first kappa shape index (κ1) is 12.0. The van der Waals surface area contributed by atoms with Gasteiger partial charge in [0.15, 0.2) is 0 Å². The number of alkyl halides is 1. The molecule has 1 unspecified atom stereocenters. The van der Waals surface area contributed by atoms with Crippen LogP contribution in [0.5, 0.6) is 0 Å². The van der Waals surface area contributed by atoms with Crippen molar-refractivity contribution in [2.75, 3.05) is 13.1 Å². The molecule has 1 aromatic rings. The average molecular weight is 290 g/mol. The molecule has 0 aromatic heterocycles. The Morgan fingerprint density at radius 3 is 2.88 bits per heavy atom. The van der Waals surface area contributed by atoms with E-state index in [9.17, 15) is 8.78 Å². The van der Waals surface area contributed by atoms with Crippen LogP contribution in [-0.4, -0.2) is 18.8 Å². The van der Waals surface area contributed by atoms with Crippen molar-refractivity contribution in [1.82, 2.24) is 5.32 Å². The molecule has 1 heterocycles. The molecule has 4 heteroatoms. The maximum atomic E-state index is 14.3. The van der Waals surface area contributed by atoms with Gasteiger partial charge in [-0.15, -0.1) is 0 Å². The lowest BCUT2D eigenvalue weighted by Crippen LogP contribution is -2.43. The minimum absolute atomic E-state index is 0.152. The van der Waals surface area contributed by atoms with Crippen LogP contribution in [0, 0.1) is 5.82 Å². The summed E-state index contributed by atoms with van der Waals surface area (Å²) < 4.78 is 28.5. The molecule has 16 heavy (non-hydrogen) atoms. The van der Waals surface area contributed by atoms with Crippen molar-refractivity contribution in [1.29, 1.82) is 0 Å². The first-order valence-corrected chi connectivity index (χ1v) is 6.22. The van der Waals surface area contributed by atoms with E-state index in [0.29, 0.717) is 23.0 Å². The highest BCUT2D eigenvalue weighted by Gasteiger charge is 2.32. The van der Waals surface area contributed by atoms with E-state index in [2.05, 4.69) is 21.2 Å². The molecule has 1 fully saturated rings. The molecule has 0 radical (unpaired) electrons. The molecule has 88 valence electrons. The summed E-state index contributed by atoms with van der Waals surface area (Å²) in [4.78, 5) is 0. The molecular weight excluding hydrogens is 276 g/mol. The Bertz CT molecular complexity index is 375. The van der Waals surface area contributed by atoms with Gasteiger partial charge in [0.05, 0.1) is 0 Å². The summed E-state index contributed by atoms with van der Waals surface area (Å²) >= 11 is 3.19. The van der Waals surface area contributed by atoms with Crippen LogP contribution < -0.4 is 5.32 Å². The lowest BCUT2D eigenvalue weighted by Gasteiger charge is -2.30. The van der Waals surface area contributed by atoms with Gasteiger partial charge in [0.1, 0.15) is 11.5 Å². The predicted molar refractivity (Wildman–Crippen MR) is 63.7 cm³/mol. The molecule has 0 amide bonds. The first-order chi connectivity index (χ1) is 7.59. The minimum Gasteiger partial charge on any atom is -0.314 e. The molecule has 1 nitrogen and oxygen atoms in total. The third-order valence-corrected chi connectivity index (χ3v) is 3.44. The molecular formula is C12H14BrF2N. The summed E-state index contributed by atoms with van der Waals surface area (Å²) in [6.45, 7) is 1.18. The van der Waals surface area contributed by atoms with E-state index in [0.717, 1.165) is 13.0 Å². The van der Waals surface area contributed by atoms with E-state index in [1.165, 1.54) is 6.07 Å². The fourth-order valence-corrected chi connectivity index (χ4v) is 2.42. The van der Waals surface area contributed by atoms with Crippen molar-refractivity contribution in [3.63, 3.8) is 0 Å². The molecule has 0 saturated carbocycles. The highest BCUT2D eigenvalue weighted by Crippen LogP contribution is 2.27. The fraction of sp³-hybridized carbons (Fsp3) is 0.500. The van der Waals surface area contributed by atoms with Gasteiger partial charge in [0.2, 0.25) is 0 Å². The first-order valence-electron chi connectivity index (χ1n) is 5.43. The van der Waals surface area contributed by atoms with Crippen molar-refractivity contribution in [3.05, 3.63) is 34.1 Å². The Morgan fingerprint density at radius 1 is 1.44 bits per heavy atom. The third kappa shape index (κ3) is 2.80. The van der Waals surface area contributed by atoms with Crippen molar-refractivity contribution in [2.24, 2.45) is 0 Å². The summed E-state index contributed by atoms with van der Waals surface area (Å²) in [5, 5.41) is 3.02. The second-order valence-corrected chi connectivity index (χ2v) is 5.26. The largest absolute Gasteiger partial charge is 0.314 e. The maximum Gasteiger partial charge on any atom is 0.127 e. The topological polar surface area (TPSA) is 12.0 Å². The molecule has 0 aliphatic carbocycles. The van der Waals surface area contributed by atoms with E-state index in [4.69, 9.17) is 0 Å². The third-order valence-electron chi connectivity index (χ3n) is 2.94. The fourth-order valence-electron chi connectivity index (χ4n) is 2.09. The van der Waals surface area contributed by atoms with Crippen LogP contribution in [0.3, 0.4) is 0 Å². The summed E-state index contributed by atoms with van der Waals surface area (Å²) in [5.41, 5.74) is -0.846. The van der Waals surface area contributed by atoms with E-state index in [1.54, 1.807) is 12.1 Å². The monoisotopic (exact) mass is 289 g/mol. The van der Waals surface area contributed by atoms with Crippen molar-refractivity contribution < 1.29 is 8.78 Å². The van der Waals surface area contributed by atoms with Crippen LogP contribution in [-0.2, 0) is 6.42 Å². The van der Waals surface area contributed by atoms with Gasteiger partial charge in [-0.25, -0.2) is 8.78 Å². The van der Waals surface area contributed by atoms with Crippen LogP contribution in [0.25, 0.3) is 0 Å². The second-order valence-electron chi connectivity index (χ2n) is 4.34. The molecule has 1 aromatic carbocycles. The van der Waals surface area contributed by atoms with Crippen LogP contribution in [0.2, 0.25) is 0 Å². The van der Waals surface area contributed by atoms with Crippen molar-refractivity contribution in [3.8, 4) is 0 Å². The van der Waals surface area contributed by atoms with Gasteiger partial charge >= 0.3 is 0 Å². The van der Waals surface area contributed by atoms with Crippen LogP contribution in [0.4, 0.5) is 8.78 Å². The smallest absolute Gasteiger partial charge is 0.127 e. The summed E-state index contributed by atoms with van der Waals surface area (Å²) in [7, 11) is 0. The Labute approximate surface area is 102 Å². The second kappa shape index (κ2) is 4.80. The zero-order valence-electron chi connectivity index (χ0n) is 8.90. The quantitative estimate of drug-likeness (QED) is 0.882. The molecule has 1 N–H and O–H groups in total. The van der Waals surface area contributed by atoms with Crippen molar-refractivity contribution in [2.45, 2.75) is 24.9 Å². The Kier molecular flexibility index (Phi) is 3.60. The summed E-state index contributed by atoms with van der Waals surface area (Å²) in [5.74, 6) is -0.336. The number of hydrogen-bond donors (Lipinski definition) is 1. The Morgan fingerprint density at radius 2 is 2.25 bits per heavy atom. The predicted octanol–water partition coefficient (Wildman–Crippen LogP) is 3.22. The molecule has 1 saturated heterocycles. The number of rotatable bonds is 2. The van der Waals surface area contributed by atoms with Crippen LogP contribution in [0.1, 0.15) is 18.4 Å². The molecule has 0 spiro atoms. The van der Waals surface area contributed by atoms with E-state index in [1.807, 2.05) is 0 Å². The molecule has 1 atom stereocenters. The van der Waals surface area contributed by atoms with E-state index < -0.39 is 5.67 Å². The van der Waals surface area contributed by atoms with Gasteiger partial charge in [-0.1, -0.05) is 22.0 Å². The van der Waals surface area contributed by atoms with Gasteiger partial charge in [0.25, 0.3) is 0 Å². The lowest BCUT2D eigenvalue weighted by atomic mass is 9.89. The molecule has 1 aliphatic heterocycles. The van der Waals surface area contributed by atoms with Crippen LogP contribution >= 0.6 is 15.9 Å². The highest BCUT2D eigenvalue weighted by molar-refractivity contribution is 9.10. The van der Waals surface area contributed by atoms with E-state index >= 15 is 0 Å². The molecule has 0 bridgehead atoms. The van der Waals surface area contributed by atoms with Crippen molar-refractivity contribution >= 4 is 15.9 Å². The number of nitrogens with one attached hydrogen (secondary N) is 1. The lowest BCUT2D eigenvalue weighted by molar-refractivity contribution is 0.121. The standard InChI is InChI=1S/C12H14BrF2N/c13-10-3-2-9(11(14)6-10)7-12(15)4-1-5-16-8-12/h2-3,6,16H,1,4-5,7-8H2. The summed E-state index contributed by atoms with van der Waals surface area (Å²) in [6.07, 6.45) is 1.48. The Balaban J connectivity index is 2.13. The van der Waals surface area contributed by atoms with E-state index in [-0.39, 0.29) is 12.2 Å². The maximum absolute atomic E-state index is 14.3. The number of piperidine rings is 1. The van der Waals surface area contributed by atoms with Gasteiger partial charge in [0, 0.05) is 17.4 Å². The number of halogens is 3.